The Hall–Kier alpha value is -0.780. The third-order valence-corrected chi connectivity index (χ3v) is 4.39. The van der Waals surface area contributed by atoms with E-state index in [0.29, 0.717) is 18.0 Å². The average Bonchev–Trinajstić information content (AvgIpc) is 2.29. The SMILES string of the molecule is CC(C)C(C)(C)CNC(=O)c1ccc(I)c(O)c1. The third-order valence-electron chi connectivity index (χ3n) is 3.48. The average molecular weight is 361 g/mol. The minimum atomic E-state index is -0.143. The van der Waals surface area contributed by atoms with Crippen LogP contribution in [0.1, 0.15) is 38.1 Å². The molecule has 0 unspecified atom stereocenters. The Morgan fingerprint density at radius 1 is 1.44 bits per heavy atom. The van der Waals surface area contributed by atoms with Crippen molar-refractivity contribution in [2.24, 2.45) is 11.3 Å². The summed E-state index contributed by atoms with van der Waals surface area (Å²) < 4.78 is 0.742. The van der Waals surface area contributed by atoms with Gasteiger partial charge in [0.2, 0.25) is 0 Å². The van der Waals surface area contributed by atoms with Crippen molar-refractivity contribution in [2.45, 2.75) is 27.7 Å². The van der Waals surface area contributed by atoms with Crippen LogP contribution in [0.25, 0.3) is 0 Å². The summed E-state index contributed by atoms with van der Waals surface area (Å²) in [4.78, 5) is 12.0. The monoisotopic (exact) mass is 361 g/mol. The van der Waals surface area contributed by atoms with E-state index in [1.54, 1.807) is 12.1 Å². The number of benzene rings is 1. The largest absolute Gasteiger partial charge is 0.507 e. The maximum absolute atomic E-state index is 12.0. The molecule has 0 fully saturated rings. The summed E-state index contributed by atoms with van der Waals surface area (Å²) in [5.41, 5.74) is 0.549. The van der Waals surface area contributed by atoms with Gasteiger partial charge in [-0.3, -0.25) is 4.79 Å². The number of rotatable bonds is 4. The minimum Gasteiger partial charge on any atom is -0.507 e. The van der Waals surface area contributed by atoms with E-state index in [-0.39, 0.29) is 17.1 Å². The lowest BCUT2D eigenvalue weighted by molar-refractivity contribution is 0.0924. The summed E-state index contributed by atoms with van der Waals surface area (Å²) in [7, 11) is 0. The number of carbonyl (C=O) groups excluding carboxylic acids is 1. The smallest absolute Gasteiger partial charge is 0.251 e. The molecular weight excluding hydrogens is 341 g/mol. The molecule has 0 aliphatic carbocycles. The van der Waals surface area contributed by atoms with Crippen LogP contribution in [0, 0.1) is 14.9 Å². The minimum absolute atomic E-state index is 0.0565. The zero-order valence-corrected chi connectivity index (χ0v) is 13.4. The topological polar surface area (TPSA) is 49.3 Å². The molecule has 1 aromatic rings. The van der Waals surface area contributed by atoms with Gasteiger partial charge in [-0.15, -0.1) is 0 Å². The van der Waals surface area contributed by atoms with Crippen LogP contribution in [0.3, 0.4) is 0 Å². The van der Waals surface area contributed by atoms with Gasteiger partial charge in [-0.2, -0.15) is 0 Å². The Morgan fingerprint density at radius 3 is 2.56 bits per heavy atom. The van der Waals surface area contributed by atoms with Crippen LogP contribution in [0.15, 0.2) is 18.2 Å². The molecule has 0 bridgehead atoms. The first kappa shape index (κ1) is 15.3. The molecule has 100 valence electrons. The van der Waals surface area contributed by atoms with E-state index in [1.165, 1.54) is 6.07 Å². The van der Waals surface area contributed by atoms with Crippen molar-refractivity contribution in [3.63, 3.8) is 0 Å². The van der Waals surface area contributed by atoms with E-state index in [0.717, 1.165) is 3.57 Å². The third kappa shape index (κ3) is 3.86. The molecule has 0 aromatic heterocycles. The molecule has 1 aromatic carbocycles. The molecule has 4 heteroatoms. The number of phenols is 1. The molecule has 0 aliphatic heterocycles. The van der Waals surface area contributed by atoms with E-state index >= 15 is 0 Å². The summed E-state index contributed by atoms with van der Waals surface area (Å²) >= 11 is 2.03. The lowest BCUT2D eigenvalue weighted by atomic mass is 9.81. The van der Waals surface area contributed by atoms with Crippen molar-refractivity contribution in [1.29, 1.82) is 0 Å². The first-order valence-electron chi connectivity index (χ1n) is 6.01. The summed E-state index contributed by atoms with van der Waals surface area (Å²) in [6, 6.07) is 4.96. The van der Waals surface area contributed by atoms with Crippen molar-refractivity contribution in [3.05, 3.63) is 27.3 Å². The molecule has 0 aliphatic rings. The van der Waals surface area contributed by atoms with Crippen LogP contribution in [0.2, 0.25) is 0 Å². The zero-order chi connectivity index (χ0) is 13.9. The van der Waals surface area contributed by atoms with Gasteiger partial charge in [0, 0.05) is 12.1 Å². The molecule has 1 rings (SSSR count). The number of hydrogen-bond donors (Lipinski definition) is 2. The molecule has 0 radical (unpaired) electrons. The van der Waals surface area contributed by atoms with Gasteiger partial charge in [0.1, 0.15) is 5.75 Å². The number of carbonyl (C=O) groups is 1. The summed E-state index contributed by atoms with van der Waals surface area (Å²) in [5.74, 6) is 0.490. The van der Waals surface area contributed by atoms with E-state index in [9.17, 15) is 9.90 Å². The number of aromatic hydroxyl groups is 1. The number of halogens is 1. The highest BCUT2D eigenvalue weighted by Crippen LogP contribution is 2.25. The van der Waals surface area contributed by atoms with Gasteiger partial charge < -0.3 is 10.4 Å². The Morgan fingerprint density at radius 2 is 2.06 bits per heavy atom. The number of phenolic OH excluding ortho intramolecular Hbond substituents is 1. The number of nitrogens with one attached hydrogen (secondary N) is 1. The van der Waals surface area contributed by atoms with Crippen molar-refractivity contribution in [1.82, 2.24) is 5.32 Å². The first-order chi connectivity index (χ1) is 8.24. The highest BCUT2D eigenvalue weighted by atomic mass is 127. The van der Waals surface area contributed by atoms with E-state index < -0.39 is 0 Å². The fourth-order valence-electron chi connectivity index (χ4n) is 1.27. The van der Waals surface area contributed by atoms with Gasteiger partial charge in [-0.05, 0) is 52.1 Å². The molecular formula is C14H20INO2. The summed E-state index contributed by atoms with van der Waals surface area (Å²) in [5, 5.41) is 12.5. The van der Waals surface area contributed by atoms with Gasteiger partial charge in [0.25, 0.3) is 5.91 Å². The Bertz CT molecular complexity index is 441. The molecule has 0 saturated carbocycles. The van der Waals surface area contributed by atoms with Gasteiger partial charge >= 0.3 is 0 Å². The maximum atomic E-state index is 12.0. The van der Waals surface area contributed by atoms with E-state index in [1.807, 2.05) is 22.6 Å². The lowest BCUT2D eigenvalue weighted by Crippen LogP contribution is -2.36. The van der Waals surface area contributed by atoms with E-state index in [4.69, 9.17) is 0 Å². The predicted molar refractivity (Wildman–Crippen MR) is 81.8 cm³/mol. The fourth-order valence-corrected chi connectivity index (χ4v) is 1.60. The van der Waals surface area contributed by atoms with Crippen LogP contribution in [0.4, 0.5) is 0 Å². The van der Waals surface area contributed by atoms with Crippen LogP contribution < -0.4 is 5.32 Å². The molecule has 1 amide bonds. The van der Waals surface area contributed by atoms with Gasteiger partial charge in [0.05, 0.1) is 3.57 Å². The standard InChI is InChI=1S/C14H20INO2/c1-9(2)14(3,4)8-16-13(18)10-5-6-11(15)12(17)7-10/h5-7,9,17H,8H2,1-4H3,(H,16,18). The molecule has 0 heterocycles. The van der Waals surface area contributed by atoms with Crippen molar-refractivity contribution in [3.8, 4) is 5.75 Å². The Labute approximate surface area is 122 Å². The number of hydrogen-bond acceptors (Lipinski definition) is 2. The normalized spacial score (nSPS) is 11.7. The molecule has 18 heavy (non-hydrogen) atoms. The van der Waals surface area contributed by atoms with Crippen LogP contribution in [-0.2, 0) is 0 Å². The van der Waals surface area contributed by atoms with Crippen LogP contribution in [-0.4, -0.2) is 17.6 Å². The van der Waals surface area contributed by atoms with Crippen molar-refractivity contribution >= 4 is 28.5 Å². The fraction of sp³-hybridized carbons (Fsp3) is 0.500. The molecule has 0 saturated heterocycles. The molecule has 0 atom stereocenters. The summed E-state index contributed by atoms with van der Waals surface area (Å²) in [6.07, 6.45) is 0. The molecule has 2 N–H and O–H groups in total. The van der Waals surface area contributed by atoms with Crippen LogP contribution in [0.5, 0.6) is 5.75 Å². The predicted octanol–water partition coefficient (Wildman–Crippen LogP) is 3.41. The second-order valence-electron chi connectivity index (χ2n) is 5.49. The first-order valence-corrected chi connectivity index (χ1v) is 7.08. The molecule has 3 nitrogen and oxygen atoms in total. The van der Waals surface area contributed by atoms with Crippen LogP contribution >= 0.6 is 22.6 Å². The van der Waals surface area contributed by atoms with Gasteiger partial charge in [-0.1, -0.05) is 27.7 Å². The van der Waals surface area contributed by atoms with Gasteiger partial charge in [-0.25, -0.2) is 0 Å². The number of amides is 1. The zero-order valence-electron chi connectivity index (χ0n) is 11.2. The quantitative estimate of drug-likeness (QED) is 0.808. The molecule has 0 spiro atoms. The second kappa shape index (κ2) is 5.91. The summed E-state index contributed by atoms with van der Waals surface area (Å²) in [6.45, 7) is 9.16. The Kier molecular flexibility index (Phi) is 5.01. The second-order valence-corrected chi connectivity index (χ2v) is 6.65. The maximum Gasteiger partial charge on any atom is 0.251 e. The lowest BCUT2D eigenvalue weighted by Gasteiger charge is -2.29. The van der Waals surface area contributed by atoms with Crippen molar-refractivity contribution < 1.29 is 9.90 Å². The highest BCUT2D eigenvalue weighted by Gasteiger charge is 2.23. The van der Waals surface area contributed by atoms with E-state index in [2.05, 4.69) is 33.0 Å². The Balaban J connectivity index is 2.69. The highest BCUT2D eigenvalue weighted by molar-refractivity contribution is 14.1. The van der Waals surface area contributed by atoms with Crippen molar-refractivity contribution in [2.75, 3.05) is 6.54 Å². The van der Waals surface area contributed by atoms with Gasteiger partial charge in [0.15, 0.2) is 0 Å².